The predicted molar refractivity (Wildman–Crippen MR) is 115 cm³/mol. The standard InChI is InChI=1S/C23H22FN3O4/c1-13(2)22-21(14-3-5-16(24)6-4-14)17-9-15-11-25-27-19(15)10-18(17)23(26-22)31-8-7-30-12-20(28)29/h3-6,9-11,13H,7-8,12H2,1-2H3,(H,25,27)(H,28,29). The highest BCUT2D eigenvalue weighted by Gasteiger charge is 2.20. The Kier molecular flexibility index (Phi) is 5.81. The Morgan fingerprint density at radius 1 is 1.16 bits per heavy atom. The summed E-state index contributed by atoms with van der Waals surface area (Å²) in [6.45, 7) is 3.98. The van der Waals surface area contributed by atoms with Crippen LogP contribution >= 0.6 is 0 Å². The maximum atomic E-state index is 13.6. The second-order valence-electron chi connectivity index (χ2n) is 7.49. The average molecular weight is 423 g/mol. The number of nitrogens with one attached hydrogen (secondary N) is 1. The van der Waals surface area contributed by atoms with E-state index in [9.17, 15) is 9.18 Å². The van der Waals surface area contributed by atoms with Crippen LogP contribution in [0.4, 0.5) is 4.39 Å². The van der Waals surface area contributed by atoms with Gasteiger partial charge in [-0.2, -0.15) is 5.10 Å². The van der Waals surface area contributed by atoms with Crippen LogP contribution < -0.4 is 4.74 Å². The van der Waals surface area contributed by atoms with Gasteiger partial charge in [0, 0.05) is 16.3 Å². The molecule has 2 heterocycles. The van der Waals surface area contributed by atoms with E-state index in [0.29, 0.717) is 5.88 Å². The SMILES string of the molecule is CC(C)c1nc(OCCOCC(=O)O)c2cc3[nH]ncc3cc2c1-c1ccc(F)cc1. The van der Waals surface area contributed by atoms with Crippen molar-refractivity contribution in [1.29, 1.82) is 0 Å². The smallest absolute Gasteiger partial charge is 0.329 e. The first-order valence-electron chi connectivity index (χ1n) is 9.93. The van der Waals surface area contributed by atoms with E-state index < -0.39 is 5.97 Å². The van der Waals surface area contributed by atoms with E-state index in [0.717, 1.165) is 38.5 Å². The summed E-state index contributed by atoms with van der Waals surface area (Å²) in [5.41, 5.74) is 3.44. The van der Waals surface area contributed by atoms with Crippen molar-refractivity contribution in [1.82, 2.24) is 15.2 Å². The minimum absolute atomic E-state index is 0.0788. The van der Waals surface area contributed by atoms with Crippen LogP contribution in [0.25, 0.3) is 32.8 Å². The van der Waals surface area contributed by atoms with Crippen molar-refractivity contribution in [2.75, 3.05) is 19.8 Å². The molecule has 0 bridgehead atoms. The third kappa shape index (κ3) is 4.34. The molecular formula is C23H22FN3O4. The highest BCUT2D eigenvalue weighted by Crippen LogP contribution is 2.40. The van der Waals surface area contributed by atoms with Crippen molar-refractivity contribution in [2.24, 2.45) is 0 Å². The number of pyridine rings is 1. The summed E-state index contributed by atoms with van der Waals surface area (Å²) < 4.78 is 24.5. The highest BCUT2D eigenvalue weighted by molar-refractivity contribution is 6.06. The largest absolute Gasteiger partial charge is 0.480 e. The minimum atomic E-state index is -1.03. The molecule has 0 amide bonds. The molecule has 0 spiro atoms. The number of nitrogens with zero attached hydrogens (tertiary/aromatic N) is 2. The maximum Gasteiger partial charge on any atom is 0.329 e. The molecule has 0 aliphatic heterocycles. The number of ether oxygens (including phenoxy) is 2. The van der Waals surface area contributed by atoms with E-state index >= 15 is 0 Å². The second kappa shape index (κ2) is 8.69. The van der Waals surface area contributed by atoms with Crippen LogP contribution in [0.5, 0.6) is 5.88 Å². The lowest BCUT2D eigenvalue weighted by Crippen LogP contribution is -2.13. The quantitative estimate of drug-likeness (QED) is 0.405. The Bertz CT molecular complexity index is 1240. The van der Waals surface area contributed by atoms with E-state index in [4.69, 9.17) is 19.6 Å². The molecule has 31 heavy (non-hydrogen) atoms. The van der Waals surface area contributed by atoms with Crippen LogP contribution in [0.3, 0.4) is 0 Å². The number of aromatic amines is 1. The number of rotatable bonds is 8. The zero-order chi connectivity index (χ0) is 22.0. The first-order chi connectivity index (χ1) is 14.9. The van der Waals surface area contributed by atoms with Gasteiger partial charge in [-0.1, -0.05) is 26.0 Å². The third-order valence-corrected chi connectivity index (χ3v) is 4.93. The van der Waals surface area contributed by atoms with Crippen LogP contribution in [0.2, 0.25) is 0 Å². The number of aromatic nitrogens is 3. The fraction of sp³-hybridized carbons (Fsp3) is 0.261. The fourth-order valence-electron chi connectivity index (χ4n) is 3.54. The zero-order valence-electron chi connectivity index (χ0n) is 17.2. The Labute approximate surface area is 177 Å². The minimum Gasteiger partial charge on any atom is -0.480 e. The number of aliphatic carboxylic acids is 1. The van der Waals surface area contributed by atoms with Gasteiger partial charge in [0.1, 0.15) is 19.0 Å². The molecule has 4 aromatic rings. The number of carbonyl (C=O) groups is 1. The number of fused-ring (bicyclic) bond motifs is 2. The number of carboxylic acid groups (broad SMARTS) is 1. The molecule has 2 aromatic heterocycles. The van der Waals surface area contributed by atoms with Gasteiger partial charge in [-0.3, -0.25) is 5.10 Å². The van der Waals surface area contributed by atoms with Crippen molar-refractivity contribution in [3.63, 3.8) is 0 Å². The molecule has 2 aromatic carbocycles. The molecule has 0 saturated heterocycles. The Morgan fingerprint density at radius 2 is 1.94 bits per heavy atom. The summed E-state index contributed by atoms with van der Waals surface area (Å²) in [7, 11) is 0. The lowest BCUT2D eigenvalue weighted by Gasteiger charge is -2.19. The molecule has 0 fully saturated rings. The van der Waals surface area contributed by atoms with Crippen molar-refractivity contribution in [3.05, 3.63) is 54.1 Å². The molecule has 2 N–H and O–H groups in total. The van der Waals surface area contributed by atoms with Crippen LogP contribution in [0, 0.1) is 5.82 Å². The van der Waals surface area contributed by atoms with Gasteiger partial charge >= 0.3 is 5.97 Å². The molecular weight excluding hydrogens is 401 g/mol. The monoisotopic (exact) mass is 423 g/mol. The number of H-pyrrole nitrogens is 1. The summed E-state index contributed by atoms with van der Waals surface area (Å²) in [6, 6.07) is 10.3. The van der Waals surface area contributed by atoms with Gasteiger partial charge in [0.2, 0.25) is 5.88 Å². The van der Waals surface area contributed by atoms with E-state index in [2.05, 4.69) is 10.2 Å². The molecule has 0 aliphatic carbocycles. The molecule has 0 aliphatic rings. The predicted octanol–water partition coefficient (Wildman–Crippen LogP) is 4.52. The first-order valence-corrected chi connectivity index (χ1v) is 9.93. The third-order valence-electron chi connectivity index (χ3n) is 4.93. The molecule has 160 valence electrons. The lowest BCUT2D eigenvalue weighted by atomic mass is 9.92. The van der Waals surface area contributed by atoms with Gasteiger partial charge in [-0.25, -0.2) is 14.2 Å². The molecule has 0 unspecified atom stereocenters. The van der Waals surface area contributed by atoms with Crippen LogP contribution in [-0.2, 0) is 9.53 Å². The summed E-state index contributed by atoms with van der Waals surface area (Å²) in [4.78, 5) is 15.4. The number of benzene rings is 2. The number of hydrogen-bond acceptors (Lipinski definition) is 5. The number of halogens is 1. The molecule has 0 radical (unpaired) electrons. The molecule has 4 rings (SSSR count). The van der Waals surface area contributed by atoms with Crippen LogP contribution in [0.15, 0.2) is 42.6 Å². The van der Waals surface area contributed by atoms with Gasteiger partial charge in [0.25, 0.3) is 0 Å². The highest BCUT2D eigenvalue weighted by atomic mass is 19.1. The van der Waals surface area contributed by atoms with Gasteiger partial charge in [-0.05, 0) is 41.1 Å². The van der Waals surface area contributed by atoms with Gasteiger partial charge in [0.15, 0.2) is 0 Å². The topological polar surface area (TPSA) is 97.3 Å². The summed E-state index contributed by atoms with van der Waals surface area (Å²) >= 11 is 0. The lowest BCUT2D eigenvalue weighted by molar-refractivity contribution is -0.142. The second-order valence-corrected chi connectivity index (χ2v) is 7.49. The van der Waals surface area contributed by atoms with Crippen LogP contribution in [-0.4, -0.2) is 46.1 Å². The van der Waals surface area contributed by atoms with Crippen molar-refractivity contribution in [3.8, 4) is 17.0 Å². The molecule has 0 atom stereocenters. The zero-order valence-corrected chi connectivity index (χ0v) is 17.2. The van der Waals surface area contributed by atoms with Crippen LogP contribution in [0.1, 0.15) is 25.5 Å². The molecule has 8 heteroatoms. The Hall–Kier alpha value is -3.52. The summed E-state index contributed by atoms with van der Waals surface area (Å²) in [5, 5.41) is 18.4. The Morgan fingerprint density at radius 3 is 2.65 bits per heavy atom. The Balaban J connectivity index is 1.85. The average Bonchev–Trinajstić information content (AvgIpc) is 3.19. The fourth-order valence-corrected chi connectivity index (χ4v) is 3.54. The van der Waals surface area contributed by atoms with Crippen molar-refractivity contribution >= 4 is 27.6 Å². The normalized spacial score (nSPS) is 11.5. The van der Waals surface area contributed by atoms with Gasteiger partial charge in [0.05, 0.1) is 24.0 Å². The van der Waals surface area contributed by atoms with E-state index in [-0.39, 0.29) is 31.6 Å². The van der Waals surface area contributed by atoms with Gasteiger partial charge in [-0.15, -0.1) is 0 Å². The van der Waals surface area contributed by atoms with Gasteiger partial charge < -0.3 is 14.6 Å². The van der Waals surface area contributed by atoms with E-state index in [1.54, 1.807) is 18.3 Å². The van der Waals surface area contributed by atoms with Crippen molar-refractivity contribution < 1.29 is 23.8 Å². The van der Waals surface area contributed by atoms with E-state index in [1.807, 2.05) is 26.0 Å². The maximum absolute atomic E-state index is 13.6. The summed E-state index contributed by atoms with van der Waals surface area (Å²) in [6.07, 6.45) is 1.75. The molecule has 0 saturated carbocycles. The first kappa shape index (κ1) is 20.7. The van der Waals surface area contributed by atoms with E-state index in [1.165, 1.54) is 12.1 Å². The number of hydrogen-bond donors (Lipinski definition) is 2. The molecule has 7 nitrogen and oxygen atoms in total. The summed E-state index contributed by atoms with van der Waals surface area (Å²) in [5.74, 6) is -0.822. The number of carboxylic acids is 1. The van der Waals surface area contributed by atoms with Crippen molar-refractivity contribution in [2.45, 2.75) is 19.8 Å².